The molecular formula is C52H44N8O12S3. The van der Waals surface area contributed by atoms with Gasteiger partial charge in [-0.2, -0.15) is 32.2 Å². The Labute approximate surface area is 434 Å². The van der Waals surface area contributed by atoms with E-state index in [1.54, 1.807) is 122 Å². The molecule has 0 radical (unpaired) electrons. The number of carbonyl (C=O) groups excluding carboxylic acids is 2. The van der Waals surface area contributed by atoms with Gasteiger partial charge in [0.25, 0.3) is 32.1 Å². The largest absolute Gasteiger partial charge is 0.505 e. The van der Waals surface area contributed by atoms with Crippen LogP contribution in [-0.4, -0.2) is 69.4 Å². The fraction of sp³-hybridized carbons (Fsp3) is 0.115. The summed E-state index contributed by atoms with van der Waals surface area (Å²) < 4.78 is 81.8. The molecule has 0 saturated carbocycles. The minimum absolute atomic E-state index is 0.0412. The van der Waals surface area contributed by atoms with Crippen LogP contribution in [0.15, 0.2) is 180 Å². The second-order valence-corrected chi connectivity index (χ2v) is 19.9. The zero-order valence-electron chi connectivity index (χ0n) is 39.9. The molecule has 0 bridgehead atoms. The van der Waals surface area contributed by atoms with Gasteiger partial charge in [0, 0.05) is 56.4 Å². The van der Waals surface area contributed by atoms with Gasteiger partial charge in [-0.1, -0.05) is 18.2 Å². The molecule has 2 amide bonds. The monoisotopic (exact) mass is 1070 g/mol. The minimum atomic E-state index is -4.67. The molecule has 75 heavy (non-hydrogen) atoms. The molecule has 0 aliphatic rings. The minimum Gasteiger partial charge on any atom is -0.505 e. The van der Waals surface area contributed by atoms with E-state index in [2.05, 4.69) is 53.9 Å². The molecule has 382 valence electrons. The van der Waals surface area contributed by atoms with Gasteiger partial charge in [0.05, 0.1) is 48.5 Å². The first-order chi connectivity index (χ1) is 35.8. The van der Waals surface area contributed by atoms with Crippen molar-refractivity contribution in [2.75, 3.05) is 37.2 Å². The topological polar surface area (TPSA) is 289 Å². The van der Waals surface area contributed by atoms with Crippen LogP contribution in [0.4, 0.5) is 45.5 Å². The van der Waals surface area contributed by atoms with Gasteiger partial charge >= 0.3 is 0 Å². The maximum absolute atomic E-state index is 13.3. The second kappa shape index (κ2) is 22.7. The molecule has 0 saturated heterocycles. The Hall–Kier alpha value is -8.61. The molecule has 23 heteroatoms. The molecule has 8 aromatic carbocycles. The molecule has 0 spiro atoms. The number of aryl methyl sites for hydroxylation is 1. The average Bonchev–Trinajstić information content (AvgIpc) is 3.38. The third-order valence-electron chi connectivity index (χ3n) is 11.2. The number of rotatable bonds is 18. The van der Waals surface area contributed by atoms with Crippen molar-refractivity contribution < 1.29 is 54.8 Å². The Balaban J connectivity index is 0.906. The molecule has 8 aromatic rings. The number of carbonyl (C=O) groups is 2. The summed E-state index contributed by atoms with van der Waals surface area (Å²) in [5.41, 5.74) is 4.46. The van der Waals surface area contributed by atoms with Gasteiger partial charge in [-0.15, -0.1) is 28.0 Å². The molecule has 0 fully saturated rings. The molecule has 0 aliphatic heterocycles. The van der Waals surface area contributed by atoms with Crippen molar-refractivity contribution in [2.24, 2.45) is 30.7 Å². The fourth-order valence-electron chi connectivity index (χ4n) is 7.46. The van der Waals surface area contributed by atoms with Gasteiger partial charge in [0.2, 0.25) is 0 Å². The summed E-state index contributed by atoms with van der Waals surface area (Å²) in [6.07, 6.45) is -0.0814. The summed E-state index contributed by atoms with van der Waals surface area (Å²) in [4.78, 5) is 25.9. The number of methoxy groups -OCH3 is 2. The number of fused-ring (bicyclic) bond motifs is 2. The highest BCUT2D eigenvalue weighted by Crippen LogP contribution is 2.45. The summed E-state index contributed by atoms with van der Waals surface area (Å²) in [7, 11) is -5.99. The van der Waals surface area contributed by atoms with Crippen LogP contribution in [0.5, 0.6) is 23.0 Å². The number of nitrogens with zero attached hydrogens (tertiary/aromatic N) is 6. The van der Waals surface area contributed by atoms with Gasteiger partial charge in [-0.3, -0.25) is 18.7 Å². The standard InChI is InChI=1S/C52H44N8O12S3/c1-30-22-32(52(63)54-37-15-17-40-33(23-37)25-39(75(67,68)69)27-45(40)72-20-7-21-74(64,65)66)10-19-42(30)57-55-35-11-13-36(14-12-35)56-58-43-28-47(71-3)44(29-46(43)70-2)59-60-49-48(73)26-34-24-38(16-18-41(34)50(49)61)53-51(62)31-8-5-4-6-9-31/h4-6,8-19,22-29,61,73H,7,20-21H2,1-3H3,(H,53,62)(H,54,63)(H,64,65,66)(H,67,68,69). The lowest BCUT2D eigenvalue weighted by molar-refractivity contribution is 0.101. The maximum Gasteiger partial charge on any atom is 0.294 e. The Morgan fingerprint density at radius 3 is 1.72 bits per heavy atom. The van der Waals surface area contributed by atoms with Crippen molar-refractivity contribution in [3.8, 4) is 23.0 Å². The van der Waals surface area contributed by atoms with Crippen molar-refractivity contribution in [1.29, 1.82) is 0 Å². The molecule has 0 atom stereocenters. The van der Waals surface area contributed by atoms with E-state index in [1.165, 1.54) is 26.4 Å². The molecule has 0 aliphatic carbocycles. The van der Waals surface area contributed by atoms with Crippen LogP contribution in [0.25, 0.3) is 21.5 Å². The summed E-state index contributed by atoms with van der Waals surface area (Å²) >= 11 is 4.57. The van der Waals surface area contributed by atoms with Gasteiger partial charge < -0.3 is 30.0 Å². The average molecular weight is 1070 g/mol. The molecule has 20 nitrogen and oxygen atoms in total. The van der Waals surface area contributed by atoms with Crippen LogP contribution >= 0.6 is 12.6 Å². The van der Waals surface area contributed by atoms with Crippen LogP contribution in [0.2, 0.25) is 0 Å². The normalized spacial score (nSPS) is 12.0. The lowest BCUT2D eigenvalue weighted by Crippen LogP contribution is -2.12. The zero-order chi connectivity index (χ0) is 53.4. The lowest BCUT2D eigenvalue weighted by Gasteiger charge is -2.13. The first-order valence-electron chi connectivity index (χ1n) is 22.4. The number of phenols is 1. The summed E-state index contributed by atoms with van der Waals surface area (Å²) in [6.45, 7) is 1.59. The van der Waals surface area contributed by atoms with Crippen molar-refractivity contribution >= 4 is 112 Å². The second-order valence-electron chi connectivity index (χ2n) is 16.4. The molecule has 8 rings (SSSR count). The van der Waals surface area contributed by atoms with Crippen molar-refractivity contribution in [1.82, 2.24) is 0 Å². The quantitative estimate of drug-likeness (QED) is 0.0202. The van der Waals surface area contributed by atoms with E-state index in [9.17, 15) is 36.1 Å². The van der Waals surface area contributed by atoms with Crippen LogP contribution < -0.4 is 24.8 Å². The number of hydrogen-bond acceptors (Lipinski definition) is 17. The Morgan fingerprint density at radius 2 is 1.15 bits per heavy atom. The lowest BCUT2D eigenvalue weighted by atomic mass is 10.1. The maximum atomic E-state index is 13.3. The number of benzene rings is 8. The number of azo groups is 3. The van der Waals surface area contributed by atoms with Crippen molar-refractivity contribution in [3.63, 3.8) is 0 Å². The van der Waals surface area contributed by atoms with Crippen LogP contribution in [0.3, 0.4) is 0 Å². The Kier molecular flexibility index (Phi) is 15.9. The Morgan fingerprint density at radius 1 is 0.587 bits per heavy atom. The highest BCUT2D eigenvalue weighted by atomic mass is 32.2. The Bertz CT molecular complexity index is 3840. The molecule has 0 unspecified atom stereocenters. The predicted molar refractivity (Wildman–Crippen MR) is 285 cm³/mol. The van der Waals surface area contributed by atoms with E-state index in [0.29, 0.717) is 83.0 Å². The number of ether oxygens (including phenoxy) is 3. The third-order valence-corrected chi connectivity index (χ3v) is 13.2. The number of nitrogens with one attached hydrogen (secondary N) is 2. The zero-order valence-corrected chi connectivity index (χ0v) is 42.4. The number of thiol groups is 1. The number of phenolic OH excluding ortho intramolecular Hbond substituents is 1. The number of amides is 2. The number of hydrogen-bond donors (Lipinski definition) is 6. The molecule has 0 heterocycles. The predicted octanol–water partition coefficient (Wildman–Crippen LogP) is 13.0. The highest BCUT2D eigenvalue weighted by Gasteiger charge is 2.18. The number of anilines is 2. The van der Waals surface area contributed by atoms with Crippen LogP contribution in [0, 0.1) is 6.92 Å². The van der Waals surface area contributed by atoms with E-state index < -0.39 is 36.8 Å². The van der Waals surface area contributed by atoms with Gasteiger partial charge in [-0.05, 0) is 133 Å². The molecular weight excluding hydrogens is 1020 g/mol. The summed E-state index contributed by atoms with van der Waals surface area (Å²) in [5, 5.41) is 44.8. The SMILES string of the molecule is COc1cc(N=Nc2c(S)cc3cc(NC(=O)c4ccccc4)ccc3c2O)c(OC)cc1N=Nc1ccc(N=Nc2ccc(C(=O)Nc3ccc4c(OCCCS(=O)(=O)O)cc(S(=O)(=O)O)cc4c3)cc2C)cc1. The molecule has 0 aromatic heterocycles. The van der Waals surface area contributed by atoms with E-state index in [-0.39, 0.29) is 47.6 Å². The first kappa shape index (κ1) is 52.7. The first-order valence-corrected chi connectivity index (χ1v) is 25.9. The number of aromatic hydroxyl groups is 1. The van der Waals surface area contributed by atoms with Crippen LogP contribution in [-0.2, 0) is 20.2 Å². The van der Waals surface area contributed by atoms with Gasteiger partial charge in [0.1, 0.15) is 34.3 Å². The van der Waals surface area contributed by atoms with Crippen LogP contribution in [0.1, 0.15) is 32.7 Å². The fourth-order valence-corrected chi connectivity index (χ4v) is 8.76. The third kappa shape index (κ3) is 13.1. The van der Waals surface area contributed by atoms with Gasteiger partial charge in [0.15, 0.2) is 5.75 Å². The summed E-state index contributed by atoms with van der Waals surface area (Å²) in [6, 6.07) is 37.2. The van der Waals surface area contributed by atoms with Crippen molar-refractivity contribution in [3.05, 3.63) is 156 Å². The van der Waals surface area contributed by atoms with E-state index in [4.69, 9.17) is 18.8 Å². The van der Waals surface area contributed by atoms with Gasteiger partial charge in [-0.25, -0.2) is 0 Å². The highest BCUT2D eigenvalue weighted by molar-refractivity contribution is 7.86. The van der Waals surface area contributed by atoms with Crippen molar-refractivity contribution in [2.45, 2.75) is 23.1 Å². The smallest absolute Gasteiger partial charge is 0.294 e. The summed E-state index contributed by atoms with van der Waals surface area (Å²) in [5.74, 6) is -0.847. The van der Waals surface area contributed by atoms with E-state index >= 15 is 0 Å². The molecule has 5 N–H and O–H groups in total. The van der Waals surface area contributed by atoms with E-state index in [1.807, 2.05) is 6.07 Å². The van der Waals surface area contributed by atoms with E-state index in [0.717, 1.165) is 6.07 Å².